The zero-order valence-corrected chi connectivity index (χ0v) is 21.4. The molecule has 0 spiro atoms. The number of aliphatic hydroxyl groups is 1. The molecule has 198 valence electrons. The van der Waals surface area contributed by atoms with Gasteiger partial charge in [0.05, 0.1) is 12.9 Å². The highest BCUT2D eigenvalue weighted by Gasteiger charge is 2.14. The number of rotatable bonds is 16. The number of benzene rings is 1. The largest absolute Gasteiger partial charge is 0.489 e. The molecule has 1 unspecified atom stereocenters. The second-order valence-corrected chi connectivity index (χ2v) is 8.85. The lowest BCUT2D eigenvalue weighted by molar-refractivity contribution is 0.106. The van der Waals surface area contributed by atoms with E-state index in [1.165, 1.54) is 24.5 Å². The molecule has 3 aromatic rings. The molecule has 1 aromatic carbocycles. The number of aliphatic hydroxyl groups excluding tert-OH is 1. The van der Waals surface area contributed by atoms with Crippen LogP contribution in [-0.2, 0) is 25.5 Å². The molecule has 0 saturated heterocycles. The smallest absolute Gasteiger partial charge is 0.332 e. The second-order valence-electron chi connectivity index (χ2n) is 8.85. The van der Waals surface area contributed by atoms with Crippen molar-refractivity contribution >= 4 is 16.9 Å². The number of para-hydroxylation sites is 2. The quantitative estimate of drug-likeness (QED) is 0.200. The lowest BCUT2D eigenvalue weighted by Gasteiger charge is -2.16. The lowest BCUT2D eigenvalue weighted by Crippen LogP contribution is -2.37. The summed E-state index contributed by atoms with van der Waals surface area (Å²) in [4.78, 5) is 34.3. The summed E-state index contributed by atoms with van der Waals surface area (Å²) in [6.07, 6.45) is 6.15. The van der Waals surface area contributed by atoms with Gasteiger partial charge in [-0.15, -0.1) is 0 Å². The molecule has 36 heavy (non-hydrogen) atoms. The minimum Gasteiger partial charge on any atom is -0.489 e. The summed E-state index contributed by atoms with van der Waals surface area (Å²) in [6.45, 7) is 4.50. The molecular formula is C25H38N6O5. The number of hydrogen-bond donors (Lipinski definition) is 3. The molecule has 0 aliphatic carbocycles. The van der Waals surface area contributed by atoms with Crippen molar-refractivity contribution in [1.82, 2.24) is 24.0 Å². The van der Waals surface area contributed by atoms with Gasteiger partial charge in [-0.1, -0.05) is 38.3 Å². The van der Waals surface area contributed by atoms with Crippen molar-refractivity contribution in [3.05, 3.63) is 51.4 Å². The average molecular weight is 503 g/mol. The molecule has 11 heteroatoms. The van der Waals surface area contributed by atoms with Crippen LogP contribution < -0.4 is 26.8 Å². The molecule has 2 heterocycles. The number of nitrogens with one attached hydrogen (secondary N) is 2. The van der Waals surface area contributed by atoms with Crippen LogP contribution >= 0.6 is 0 Å². The Kier molecular flexibility index (Phi) is 10.5. The van der Waals surface area contributed by atoms with Crippen LogP contribution in [0.3, 0.4) is 0 Å². The monoisotopic (exact) mass is 502 g/mol. The minimum absolute atomic E-state index is 0.137. The minimum atomic E-state index is -0.691. The number of ether oxygens (including phenoxy) is 1. The van der Waals surface area contributed by atoms with Crippen LogP contribution in [0.1, 0.15) is 39.0 Å². The Morgan fingerprint density at radius 2 is 1.89 bits per heavy atom. The Labute approximate surface area is 210 Å². The van der Waals surface area contributed by atoms with Gasteiger partial charge in [0.1, 0.15) is 24.1 Å². The number of aryl methyl sites for hydroxylation is 2. The number of hydrogen-bond acceptors (Lipinski definition) is 8. The SMILES string of the molecule is CCCCCCONc1ccccc1OCC(O)CNCCCn1cnc2c1c(=O)n(C)c(=O)n2C. The Morgan fingerprint density at radius 1 is 1.08 bits per heavy atom. The summed E-state index contributed by atoms with van der Waals surface area (Å²) in [5, 5.41) is 13.5. The first-order valence-corrected chi connectivity index (χ1v) is 12.5. The van der Waals surface area contributed by atoms with Crippen molar-refractivity contribution in [2.75, 3.05) is 31.8 Å². The summed E-state index contributed by atoms with van der Waals surface area (Å²) in [5.41, 5.74) is 3.69. The van der Waals surface area contributed by atoms with Gasteiger partial charge in [-0.3, -0.25) is 24.2 Å². The van der Waals surface area contributed by atoms with Gasteiger partial charge in [0.15, 0.2) is 11.2 Å². The standard InChI is InChI=1S/C25H38N6O5/c1-4-5-6-9-15-36-28-20-11-7-8-12-21(20)35-17-19(32)16-26-13-10-14-31-18-27-23-22(31)24(33)30(3)25(34)29(23)2/h7-8,11-12,18-19,26,28,32H,4-6,9-10,13-17H2,1-3H3. The van der Waals surface area contributed by atoms with E-state index in [9.17, 15) is 14.7 Å². The Hall–Kier alpha value is -3.15. The number of aromatic nitrogens is 4. The van der Waals surface area contributed by atoms with Crippen LogP contribution in [0.5, 0.6) is 5.75 Å². The second kappa shape index (κ2) is 13.8. The first kappa shape index (κ1) is 27.4. The van der Waals surface area contributed by atoms with Crippen LogP contribution in [0.15, 0.2) is 40.2 Å². The Balaban J connectivity index is 1.39. The zero-order valence-electron chi connectivity index (χ0n) is 21.4. The van der Waals surface area contributed by atoms with Crippen LogP contribution in [0.2, 0.25) is 0 Å². The van der Waals surface area contributed by atoms with E-state index in [1.807, 2.05) is 24.3 Å². The molecule has 3 N–H and O–H groups in total. The summed E-state index contributed by atoms with van der Waals surface area (Å²) < 4.78 is 10.0. The van der Waals surface area contributed by atoms with E-state index in [0.717, 1.165) is 23.1 Å². The number of anilines is 1. The summed E-state index contributed by atoms with van der Waals surface area (Å²) in [6, 6.07) is 7.47. The third kappa shape index (κ3) is 7.19. The van der Waals surface area contributed by atoms with E-state index < -0.39 is 11.8 Å². The van der Waals surface area contributed by atoms with Crippen LogP contribution in [-0.4, -0.2) is 56.2 Å². The van der Waals surface area contributed by atoms with Gasteiger partial charge in [-0.25, -0.2) is 9.78 Å². The Morgan fingerprint density at radius 3 is 2.69 bits per heavy atom. The molecule has 0 aliphatic rings. The van der Waals surface area contributed by atoms with Crippen molar-refractivity contribution in [3.8, 4) is 5.75 Å². The van der Waals surface area contributed by atoms with Gasteiger partial charge >= 0.3 is 5.69 Å². The maximum absolute atomic E-state index is 12.5. The van der Waals surface area contributed by atoms with Crippen molar-refractivity contribution in [2.45, 2.75) is 51.7 Å². The molecule has 0 amide bonds. The van der Waals surface area contributed by atoms with Gasteiger partial charge < -0.3 is 19.7 Å². The molecule has 0 saturated carbocycles. The van der Waals surface area contributed by atoms with Crippen molar-refractivity contribution in [1.29, 1.82) is 0 Å². The lowest BCUT2D eigenvalue weighted by atomic mass is 10.2. The first-order chi connectivity index (χ1) is 17.4. The fourth-order valence-electron chi connectivity index (χ4n) is 3.86. The molecule has 0 fully saturated rings. The molecular weight excluding hydrogens is 464 g/mol. The van der Waals surface area contributed by atoms with E-state index in [1.54, 1.807) is 17.9 Å². The van der Waals surface area contributed by atoms with Crippen LogP contribution in [0, 0.1) is 0 Å². The molecule has 1 atom stereocenters. The van der Waals surface area contributed by atoms with Gasteiger partial charge in [-0.2, -0.15) is 0 Å². The summed E-state index contributed by atoms with van der Waals surface area (Å²) in [5.74, 6) is 0.619. The van der Waals surface area contributed by atoms with E-state index in [-0.39, 0.29) is 12.2 Å². The third-order valence-corrected chi connectivity index (χ3v) is 5.95. The number of fused-ring (bicyclic) bond motifs is 1. The molecule has 0 aliphatic heterocycles. The van der Waals surface area contributed by atoms with Crippen LogP contribution in [0.25, 0.3) is 11.2 Å². The third-order valence-electron chi connectivity index (χ3n) is 5.95. The first-order valence-electron chi connectivity index (χ1n) is 12.5. The van der Waals surface area contributed by atoms with E-state index in [0.29, 0.717) is 49.6 Å². The fourth-order valence-corrected chi connectivity index (χ4v) is 3.86. The normalized spacial score (nSPS) is 12.2. The maximum atomic E-state index is 12.5. The zero-order chi connectivity index (χ0) is 25.9. The van der Waals surface area contributed by atoms with Crippen molar-refractivity contribution in [3.63, 3.8) is 0 Å². The van der Waals surface area contributed by atoms with Gasteiger partial charge in [0.25, 0.3) is 5.56 Å². The highest BCUT2D eigenvalue weighted by molar-refractivity contribution is 5.69. The van der Waals surface area contributed by atoms with Crippen LogP contribution in [0.4, 0.5) is 5.69 Å². The number of imidazole rings is 1. The van der Waals surface area contributed by atoms with Gasteiger partial charge in [0, 0.05) is 27.2 Å². The predicted octanol–water partition coefficient (Wildman–Crippen LogP) is 1.78. The van der Waals surface area contributed by atoms with E-state index >= 15 is 0 Å². The highest BCUT2D eigenvalue weighted by atomic mass is 16.6. The molecule has 3 rings (SSSR count). The van der Waals surface area contributed by atoms with Gasteiger partial charge in [-0.05, 0) is 31.5 Å². The Bertz CT molecular complexity index is 1220. The van der Waals surface area contributed by atoms with Gasteiger partial charge in [0.2, 0.25) is 0 Å². The number of unbranched alkanes of at least 4 members (excludes halogenated alkanes) is 3. The summed E-state index contributed by atoms with van der Waals surface area (Å²) in [7, 11) is 3.06. The summed E-state index contributed by atoms with van der Waals surface area (Å²) >= 11 is 0. The topological polar surface area (TPSA) is 125 Å². The highest BCUT2D eigenvalue weighted by Crippen LogP contribution is 2.24. The molecule has 2 aromatic heterocycles. The fraction of sp³-hybridized carbons (Fsp3) is 0.560. The van der Waals surface area contributed by atoms with Crippen molar-refractivity contribution < 1.29 is 14.7 Å². The van der Waals surface area contributed by atoms with E-state index in [4.69, 9.17) is 9.57 Å². The number of nitrogens with zero attached hydrogens (tertiary/aromatic N) is 4. The molecule has 11 nitrogen and oxygen atoms in total. The van der Waals surface area contributed by atoms with Crippen molar-refractivity contribution in [2.24, 2.45) is 14.1 Å². The average Bonchev–Trinajstić information content (AvgIpc) is 3.31. The molecule has 0 bridgehead atoms. The van der Waals surface area contributed by atoms with E-state index in [2.05, 4.69) is 22.7 Å². The molecule has 0 radical (unpaired) electrons. The predicted molar refractivity (Wildman–Crippen MR) is 139 cm³/mol. The maximum Gasteiger partial charge on any atom is 0.332 e.